The molecule has 0 aliphatic heterocycles. The number of alkyl halides is 1. The Balaban J connectivity index is 2.38. The van der Waals surface area contributed by atoms with Gasteiger partial charge in [-0.25, -0.2) is 0 Å². The molecule has 134 valence electrons. The molecule has 6 nitrogen and oxygen atoms in total. The van der Waals surface area contributed by atoms with E-state index < -0.39 is 11.0 Å². The number of rotatable bonds is 7. The monoisotopic (exact) mass is 424 g/mol. The third-order valence-corrected chi connectivity index (χ3v) is 4.54. The molecule has 0 aliphatic rings. The number of ether oxygens (including phenoxy) is 1. The van der Waals surface area contributed by atoms with E-state index in [1.165, 1.54) is 6.07 Å². The van der Waals surface area contributed by atoms with Gasteiger partial charge in [-0.1, -0.05) is 40.9 Å². The quantitative estimate of drug-likeness (QED) is 0.354. The highest BCUT2D eigenvalue weighted by molar-refractivity contribution is 6.43. The number of hydrogen-bond donors (Lipinski definition) is 2. The minimum absolute atomic E-state index is 0.0172. The zero-order chi connectivity index (χ0) is 18.6. The number of nitro benzene ring substituents is 1. The van der Waals surface area contributed by atoms with Crippen LogP contribution in [0.3, 0.4) is 0 Å². The number of anilines is 1. The standard InChI is InChI=1S/C15H12Cl4N2O4/c16-6-8(22)7-20-11-5-14(10(18)4-12(11)21(23)24)25-13-3-1-2-9(17)15(13)19/h1-5,8,20,22H,6-7H2. The van der Waals surface area contributed by atoms with Gasteiger partial charge < -0.3 is 15.2 Å². The van der Waals surface area contributed by atoms with E-state index in [-0.39, 0.29) is 45.3 Å². The lowest BCUT2D eigenvalue weighted by Crippen LogP contribution is -2.21. The molecule has 25 heavy (non-hydrogen) atoms. The second-order valence-electron chi connectivity index (χ2n) is 4.90. The van der Waals surface area contributed by atoms with Crippen LogP contribution in [-0.2, 0) is 0 Å². The van der Waals surface area contributed by atoms with Crippen LogP contribution in [0.25, 0.3) is 0 Å². The SMILES string of the molecule is O=[N+]([O-])c1cc(Cl)c(Oc2cccc(Cl)c2Cl)cc1NCC(O)CCl. The highest BCUT2D eigenvalue weighted by Crippen LogP contribution is 2.41. The minimum atomic E-state index is -0.872. The summed E-state index contributed by atoms with van der Waals surface area (Å²) in [7, 11) is 0. The number of halogens is 4. The van der Waals surface area contributed by atoms with Gasteiger partial charge in [-0.3, -0.25) is 10.1 Å². The molecule has 10 heteroatoms. The first-order valence-electron chi connectivity index (χ1n) is 6.91. The van der Waals surface area contributed by atoms with Crippen molar-refractivity contribution in [2.24, 2.45) is 0 Å². The topological polar surface area (TPSA) is 84.6 Å². The molecular formula is C15H12Cl4N2O4. The molecule has 0 spiro atoms. The second-order valence-corrected chi connectivity index (χ2v) is 6.40. The van der Waals surface area contributed by atoms with Gasteiger partial charge in [0.05, 0.1) is 27.0 Å². The van der Waals surface area contributed by atoms with Crippen LogP contribution in [0.4, 0.5) is 11.4 Å². The normalized spacial score (nSPS) is 11.9. The number of nitrogens with one attached hydrogen (secondary N) is 1. The Kier molecular flexibility index (Phi) is 6.98. The largest absolute Gasteiger partial charge is 0.454 e. The van der Waals surface area contributed by atoms with Crippen molar-refractivity contribution in [2.75, 3.05) is 17.7 Å². The number of nitrogens with zero attached hydrogens (tertiary/aromatic N) is 1. The lowest BCUT2D eigenvalue weighted by Gasteiger charge is -2.14. The van der Waals surface area contributed by atoms with E-state index in [9.17, 15) is 15.2 Å². The van der Waals surface area contributed by atoms with Crippen molar-refractivity contribution in [1.29, 1.82) is 0 Å². The summed E-state index contributed by atoms with van der Waals surface area (Å²) in [5, 5.41) is 24.0. The Morgan fingerprint density at radius 2 is 1.92 bits per heavy atom. The van der Waals surface area contributed by atoms with Crippen molar-refractivity contribution in [1.82, 2.24) is 0 Å². The smallest absolute Gasteiger partial charge is 0.294 e. The van der Waals surface area contributed by atoms with Crippen LogP contribution >= 0.6 is 46.4 Å². The summed E-state index contributed by atoms with van der Waals surface area (Å²) in [4.78, 5) is 10.6. The summed E-state index contributed by atoms with van der Waals surface area (Å²) in [5.41, 5.74) is -0.150. The zero-order valence-corrected chi connectivity index (χ0v) is 15.5. The minimum Gasteiger partial charge on any atom is -0.454 e. The Hall–Kier alpha value is -1.44. The molecule has 2 rings (SSSR count). The maximum Gasteiger partial charge on any atom is 0.294 e. The average Bonchev–Trinajstić information content (AvgIpc) is 2.58. The van der Waals surface area contributed by atoms with Gasteiger partial charge >= 0.3 is 0 Å². The number of hydrogen-bond acceptors (Lipinski definition) is 5. The highest BCUT2D eigenvalue weighted by Gasteiger charge is 2.20. The van der Waals surface area contributed by atoms with E-state index in [0.29, 0.717) is 5.02 Å². The molecule has 0 saturated heterocycles. The molecular weight excluding hydrogens is 414 g/mol. The van der Waals surface area contributed by atoms with Crippen LogP contribution < -0.4 is 10.1 Å². The summed E-state index contributed by atoms with van der Waals surface area (Å²) in [6, 6.07) is 7.30. The molecule has 2 N–H and O–H groups in total. The summed E-state index contributed by atoms with van der Waals surface area (Å²) in [6.07, 6.45) is -0.872. The van der Waals surface area contributed by atoms with Gasteiger partial charge in [0.1, 0.15) is 22.2 Å². The molecule has 0 saturated carbocycles. The summed E-state index contributed by atoms with van der Waals surface area (Å²) in [6.45, 7) is 0.0172. The fourth-order valence-corrected chi connectivity index (χ4v) is 2.51. The number of aliphatic hydroxyl groups is 1. The number of aliphatic hydroxyl groups excluding tert-OH is 1. The Labute approximate surface area is 163 Å². The second kappa shape index (κ2) is 8.78. The van der Waals surface area contributed by atoms with E-state index in [0.717, 1.165) is 6.07 Å². The van der Waals surface area contributed by atoms with E-state index in [1.54, 1.807) is 18.2 Å². The fraction of sp³-hybridized carbons (Fsp3) is 0.200. The molecule has 0 fully saturated rings. The van der Waals surface area contributed by atoms with Crippen LogP contribution in [0.1, 0.15) is 0 Å². The van der Waals surface area contributed by atoms with Gasteiger partial charge in [-0.05, 0) is 12.1 Å². The molecule has 0 radical (unpaired) electrons. The summed E-state index contributed by atoms with van der Waals surface area (Å²) in [5.74, 6) is 0.367. The number of nitro groups is 1. The van der Waals surface area contributed by atoms with E-state index >= 15 is 0 Å². The lowest BCUT2D eigenvalue weighted by molar-refractivity contribution is -0.384. The molecule has 1 atom stereocenters. The van der Waals surface area contributed by atoms with Gasteiger partial charge in [-0.15, -0.1) is 11.6 Å². The Bertz CT molecular complexity index is 788. The van der Waals surface area contributed by atoms with Crippen LogP contribution in [0.2, 0.25) is 15.1 Å². The molecule has 2 aromatic rings. The van der Waals surface area contributed by atoms with E-state index in [2.05, 4.69) is 5.32 Å². The fourth-order valence-electron chi connectivity index (χ4n) is 1.88. The van der Waals surface area contributed by atoms with Gasteiger partial charge in [0.15, 0.2) is 0 Å². The van der Waals surface area contributed by atoms with Crippen LogP contribution in [0.15, 0.2) is 30.3 Å². The first-order chi connectivity index (χ1) is 11.8. The van der Waals surface area contributed by atoms with Crippen molar-refractivity contribution >= 4 is 57.8 Å². The van der Waals surface area contributed by atoms with Crippen molar-refractivity contribution in [3.05, 3.63) is 55.5 Å². The van der Waals surface area contributed by atoms with Crippen molar-refractivity contribution in [3.63, 3.8) is 0 Å². The van der Waals surface area contributed by atoms with Crippen LogP contribution in [-0.4, -0.2) is 28.6 Å². The van der Waals surface area contributed by atoms with Crippen molar-refractivity contribution in [2.45, 2.75) is 6.10 Å². The van der Waals surface area contributed by atoms with Gasteiger partial charge in [0.2, 0.25) is 0 Å². The molecule has 0 bridgehead atoms. The number of benzene rings is 2. The van der Waals surface area contributed by atoms with Gasteiger partial charge in [0.25, 0.3) is 5.69 Å². The predicted octanol–water partition coefficient (Wildman–Crippen LogP) is 5.36. The predicted molar refractivity (Wildman–Crippen MR) is 99.9 cm³/mol. The first kappa shape index (κ1) is 19.9. The molecule has 0 amide bonds. The summed E-state index contributed by atoms with van der Waals surface area (Å²) < 4.78 is 5.63. The lowest BCUT2D eigenvalue weighted by atomic mass is 10.2. The third kappa shape index (κ3) is 5.03. The third-order valence-electron chi connectivity index (χ3n) is 3.09. The van der Waals surface area contributed by atoms with Gasteiger partial charge in [-0.2, -0.15) is 0 Å². The Morgan fingerprint density at radius 1 is 1.20 bits per heavy atom. The first-order valence-corrected chi connectivity index (χ1v) is 8.58. The average molecular weight is 426 g/mol. The van der Waals surface area contributed by atoms with E-state index in [4.69, 9.17) is 51.1 Å². The molecule has 1 unspecified atom stereocenters. The van der Waals surface area contributed by atoms with Gasteiger partial charge in [0, 0.05) is 18.7 Å². The molecule has 0 heterocycles. The van der Waals surface area contributed by atoms with Crippen LogP contribution in [0.5, 0.6) is 11.5 Å². The Morgan fingerprint density at radius 3 is 2.56 bits per heavy atom. The zero-order valence-electron chi connectivity index (χ0n) is 12.5. The molecule has 0 aromatic heterocycles. The maximum absolute atomic E-state index is 11.2. The van der Waals surface area contributed by atoms with E-state index in [1.807, 2.05) is 0 Å². The molecule has 2 aromatic carbocycles. The molecule has 0 aliphatic carbocycles. The summed E-state index contributed by atoms with van der Waals surface area (Å²) >= 11 is 23.6. The maximum atomic E-state index is 11.2. The van der Waals surface area contributed by atoms with Crippen molar-refractivity contribution < 1.29 is 14.8 Å². The highest BCUT2D eigenvalue weighted by atomic mass is 35.5. The van der Waals surface area contributed by atoms with Crippen LogP contribution in [0, 0.1) is 10.1 Å². The van der Waals surface area contributed by atoms with Crippen molar-refractivity contribution in [3.8, 4) is 11.5 Å².